The lowest BCUT2D eigenvalue weighted by Crippen LogP contribution is -2.30. The van der Waals surface area contributed by atoms with Gasteiger partial charge in [-0.05, 0) is 31.2 Å². The van der Waals surface area contributed by atoms with Crippen LogP contribution in [0.4, 0.5) is 0 Å². The summed E-state index contributed by atoms with van der Waals surface area (Å²) in [6.45, 7) is 1.76. The summed E-state index contributed by atoms with van der Waals surface area (Å²) >= 11 is 5.82. The summed E-state index contributed by atoms with van der Waals surface area (Å²) in [7, 11) is 1.46. The standard InChI is InChI=1S/C13H14ClN3O3/c1-8(15-11(18)7-19-2)12-16-13(20-17-12)9-3-5-10(14)6-4-9/h3-6,8H,7H2,1-2H3,(H,15,18)/t8-/m0/s1. The van der Waals surface area contributed by atoms with E-state index in [0.29, 0.717) is 16.7 Å². The fraction of sp³-hybridized carbons (Fsp3) is 0.308. The number of amides is 1. The molecule has 0 aliphatic rings. The third kappa shape index (κ3) is 3.55. The predicted molar refractivity (Wildman–Crippen MR) is 73.2 cm³/mol. The van der Waals surface area contributed by atoms with Gasteiger partial charge in [0.1, 0.15) is 6.61 Å². The van der Waals surface area contributed by atoms with Gasteiger partial charge in [0, 0.05) is 17.7 Å². The maximum atomic E-state index is 11.4. The first kappa shape index (κ1) is 14.5. The number of carbonyl (C=O) groups excluding carboxylic acids is 1. The molecule has 1 atom stereocenters. The molecule has 0 unspecified atom stereocenters. The molecular formula is C13H14ClN3O3. The largest absolute Gasteiger partial charge is 0.375 e. The van der Waals surface area contributed by atoms with Crippen LogP contribution in [0.5, 0.6) is 0 Å². The number of carbonyl (C=O) groups is 1. The number of rotatable bonds is 5. The van der Waals surface area contributed by atoms with E-state index in [2.05, 4.69) is 15.5 Å². The Hall–Kier alpha value is -1.92. The molecule has 0 fully saturated rings. The fourth-order valence-electron chi connectivity index (χ4n) is 1.60. The highest BCUT2D eigenvalue weighted by Crippen LogP contribution is 2.21. The van der Waals surface area contributed by atoms with Crippen LogP contribution in [-0.4, -0.2) is 29.8 Å². The van der Waals surface area contributed by atoms with Crippen LogP contribution in [-0.2, 0) is 9.53 Å². The first-order valence-corrected chi connectivity index (χ1v) is 6.36. The SMILES string of the molecule is COCC(=O)N[C@@H](C)c1noc(-c2ccc(Cl)cc2)n1. The molecule has 0 radical (unpaired) electrons. The lowest BCUT2D eigenvalue weighted by atomic mass is 10.2. The number of nitrogens with zero attached hydrogens (tertiary/aromatic N) is 2. The molecule has 1 N–H and O–H groups in total. The van der Waals surface area contributed by atoms with E-state index in [9.17, 15) is 4.79 Å². The molecule has 0 saturated heterocycles. The van der Waals surface area contributed by atoms with Gasteiger partial charge in [0.25, 0.3) is 5.89 Å². The number of halogens is 1. The van der Waals surface area contributed by atoms with E-state index in [4.69, 9.17) is 20.9 Å². The second-order valence-electron chi connectivity index (χ2n) is 4.19. The molecule has 0 aliphatic carbocycles. The number of aromatic nitrogens is 2. The number of methoxy groups -OCH3 is 1. The van der Waals surface area contributed by atoms with Crippen molar-refractivity contribution in [3.8, 4) is 11.5 Å². The van der Waals surface area contributed by atoms with Gasteiger partial charge in [-0.3, -0.25) is 4.79 Å². The second-order valence-corrected chi connectivity index (χ2v) is 4.62. The quantitative estimate of drug-likeness (QED) is 0.915. The average molecular weight is 296 g/mol. The third-order valence-electron chi connectivity index (χ3n) is 2.57. The van der Waals surface area contributed by atoms with E-state index in [1.807, 2.05) is 0 Å². The molecule has 1 amide bonds. The molecule has 1 aromatic heterocycles. The van der Waals surface area contributed by atoms with Crippen LogP contribution in [0, 0.1) is 0 Å². The number of hydrogen-bond donors (Lipinski definition) is 1. The highest BCUT2D eigenvalue weighted by Gasteiger charge is 2.16. The maximum absolute atomic E-state index is 11.4. The van der Waals surface area contributed by atoms with Crippen molar-refractivity contribution in [2.24, 2.45) is 0 Å². The van der Waals surface area contributed by atoms with Gasteiger partial charge in [0.15, 0.2) is 5.82 Å². The molecule has 7 heteroatoms. The summed E-state index contributed by atoms with van der Waals surface area (Å²) in [5, 5.41) is 7.19. The Balaban J connectivity index is 2.08. The molecule has 1 aromatic carbocycles. The molecule has 2 aromatic rings. The smallest absolute Gasteiger partial charge is 0.257 e. The van der Waals surface area contributed by atoms with Gasteiger partial charge < -0.3 is 14.6 Å². The Bertz CT molecular complexity index is 583. The van der Waals surface area contributed by atoms with Gasteiger partial charge in [-0.15, -0.1) is 0 Å². The summed E-state index contributed by atoms with van der Waals surface area (Å²) in [6.07, 6.45) is 0. The molecule has 2 rings (SSSR count). The Morgan fingerprint density at radius 1 is 1.45 bits per heavy atom. The minimum absolute atomic E-state index is 0.00771. The molecule has 1 heterocycles. The van der Waals surface area contributed by atoms with Crippen molar-refractivity contribution in [1.29, 1.82) is 0 Å². The van der Waals surface area contributed by atoms with E-state index in [0.717, 1.165) is 5.56 Å². The van der Waals surface area contributed by atoms with E-state index >= 15 is 0 Å². The van der Waals surface area contributed by atoms with Crippen molar-refractivity contribution in [2.45, 2.75) is 13.0 Å². The number of benzene rings is 1. The number of hydrogen-bond acceptors (Lipinski definition) is 5. The van der Waals surface area contributed by atoms with Crippen molar-refractivity contribution >= 4 is 17.5 Å². The third-order valence-corrected chi connectivity index (χ3v) is 2.83. The van der Waals surface area contributed by atoms with Crippen molar-refractivity contribution in [3.05, 3.63) is 35.1 Å². The van der Waals surface area contributed by atoms with Gasteiger partial charge in [-0.1, -0.05) is 16.8 Å². The van der Waals surface area contributed by atoms with Crippen LogP contribution in [0.2, 0.25) is 5.02 Å². The highest BCUT2D eigenvalue weighted by molar-refractivity contribution is 6.30. The zero-order valence-corrected chi connectivity index (χ0v) is 11.8. The summed E-state index contributed by atoms with van der Waals surface area (Å²) in [5.41, 5.74) is 0.767. The topological polar surface area (TPSA) is 77.2 Å². The van der Waals surface area contributed by atoms with Gasteiger partial charge in [-0.25, -0.2) is 0 Å². The first-order valence-electron chi connectivity index (χ1n) is 5.98. The number of nitrogens with one attached hydrogen (secondary N) is 1. The van der Waals surface area contributed by atoms with Gasteiger partial charge in [0.2, 0.25) is 5.91 Å². The molecule has 0 bridgehead atoms. The van der Waals surface area contributed by atoms with Crippen molar-refractivity contribution in [3.63, 3.8) is 0 Å². The van der Waals surface area contributed by atoms with E-state index < -0.39 is 0 Å². The minimum atomic E-state index is -0.359. The van der Waals surface area contributed by atoms with E-state index in [1.54, 1.807) is 31.2 Å². The van der Waals surface area contributed by atoms with Crippen molar-refractivity contribution in [1.82, 2.24) is 15.5 Å². The molecular weight excluding hydrogens is 282 g/mol. The fourth-order valence-corrected chi connectivity index (χ4v) is 1.73. The highest BCUT2D eigenvalue weighted by atomic mass is 35.5. The summed E-state index contributed by atoms with van der Waals surface area (Å²) in [5.74, 6) is 0.543. The van der Waals surface area contributed by atoms with E-state index in [-0.39, 0.29) is 18.6 Å². The van der Waals surface area contributed by atoms with Crippen LogP contribution in [0.1, 0.15) is 18.8 Å². The van der Waals surface area contributed by atoms with Crippen molar-refractivity contribution < 1.29 is 14.1 Å². The van der Waals surface area contributed by atoms with Crippen LogP contribution < -0.4 is 5.32 Å². The van der Waals surface area contributed by atoms with Gasteiger partial charge in [-0.2, -0.15) is 4.98 Å². The molecule has 0 spiro atoms. The Kier molecular flexibility index (Phi) is 4.70. The Morgan fingerprint density at radius 2 is 2.15 bits per heavy atom. The zero-order valence-electron chi connectivity index (χ0n) is 11.1. The molecule has 20 heavy (non-hydrogen) atoms. The van der Waals surface area contributed by atoms with E-state index in [1.165, 1.54) is 7.11 Å². The van der Waals surface area contributed by atoms with Crippen LogP contribution in [0.3, 0.4) is 0 Å². The van der Waals surface area contributed by atoms with Gasteiger partial charge in [0.05, 0.1) is 6.04 Å². The Morgan fingerprint density at radius 3 is 2.80 bits per heavy atom. The zero-order chi connectivity index (χ0) is 14.5. The lowest BCUT2D eigenvalue weighted by Gasteiger charge is -2.08. The first-order chi connectivity index (χ1) is 9.60. The van der Waals surface area contributed by atoms with Crippen molar-refractivity contribution in [2.75, 3.05) is 13.7 Å². The molecule has 106 valence electrons. The molecule has 6 nitrogen and oxygen atoms in total. The number of ether oxygens (including phenoxy) is 1. The van der Waals surface area contributed by atoms with Crippen LogP contribution >= 0.6 is 11.6 Å². The summed E-state index contributed by atoms with van der Waals surface area (Å²) in [6, 6.07) is 6.69. The lowest BCUT2D eigenvalue weighted by molar-refractivity contribution is -0.125. The molecule has 0 aliphatic heterocycles. The normalized spacial score (nSPS) is 12.2. The Labute approximate surface area is 121 Å². The van der Waals surface area contributed by atoms with Crippen LogP contribution in [0.25, 0.3) is 11.5 Å². The monoisotopic (exact) mass is 295 g/mol. The second kappa shape index (κ2) is 6.49. The summed E-state index contributed by atoms with van der Waals surface area (Å²) in [4.78, 5) is 15.7. The molecule has 0 saturated carbocycles. The van der Waals surface area contributed by atoms with Crippen LogP contribution in [0.15, 0.2) is 28.8 Å². The maximum Gasteiger partial charge on any atom is 0.257 e. The van der Waals surface area contributed by atoms with Gasteiger partial charge >= 0.3 is 0 Å². The predicted octanol–water partition coefficient (Wildman–Crippen LogP) is 2.21. The minimum Gasteiger partial charge on any atom is -0.375 e. The average Bonchev–Trinajstić information content (AvgIpc) is 2.89. The summed E-state index contributed by atoms with van der Waals surface area (Å²) < 4.78 is 9.90.